The van der Waals surface area contributed by atoms with Crippen molar-refractivity contribution >= 4 is 34.8 Å². The standard InChI is InChI=1S/C26H24N4O3/c1-3-28(4-2)21-12-10-19(11-13-21)18-24-25(20-8-6-5-7-9-20)27-29(26(24)31)22-14-16-23(17-15-22)30(32)33/h5-18H,3-4H2,1-2H3. The molecule has 0 atom stereocenters. The third kappa shape index (κ3) is 4.52. The van der Waals surface area contributed by atoms with Gasteiger partial charge in [0.15, 0.2) is 0 Å². The zero-order valence-electron chi connectivity index (χ0n) is 18.5. The number of anilines is 2. The lowest BCUT2D eigenvalue weighted by Crippen LogP contribution is -2.21. The second-order valence-corrected chi connectivity index (χ2v) is 7.53. The summed E-state index contributed by atoms with van der Waals surface area (Å²) in [5.41, 5.74) is 4.30. The molecule has 4 rings (SSSR count). The monoisotopic (exact) mass is 440 g/mol. The second-order valence-electron chi connectivity index (χ2n) is 7.53. The summed E-state index contributed by atoms with van der Waals surface area (Å²) in [5.74, 6) is -0.282. The van der Waals surface area contributed by atoms with Crippen LogP contribution in [0.1, 0.15) is 25.0 Å². The van der Waals surface area contributed by atoms with Crippen LogP contribution in [0.3, 0.4) is 0 Å². The first-order valence-corrected chi connectivity index (χ1v) is 10.8. The van der Waals surface area contributed by atoms with E-state index in [4.69, 9.17) is 0 Å². The van der Waals surface area contributed by atoms with Gasteiger partial charge in [-0.2, -0.15) is 10.1 Å². The lowest BCUT2D eigenvalue weighted by atomic mass is 10.00. The molecule has 1 aliphatic heterocycles. The van der Waals surface area contributed by atoms with Gasteiger partial charge in [0.2, 0.25) is 0 Å². The van der Waals surface area contributed by atoms with E-state index in [1.807, 2.05) is 60.7 Å². The SMILES string of the molecule is CCN(CC)c1ccc(C=C2C(=O)N(c3ccc([N+](=O)[O-])cc3)N=C2c2ccccc2)cc1. The minimum atomic E-state index is -0.471. The van der Waals surface area contributed by atoms with Crippen molar-refractivity contribution in [2.45, 2.75) is 13.8 Å². The average Bonchev–Trinajstić information content (AvgIpc) is 3.17. The number of rotatable bonds is 7. The molecule has 0 bridgehead atoms. The minimum absolute atomic E-state index is 0.0401. The highest BCUT2D eigenvalue weighted by molar-refractivity contribution is 6.37. The van der Waals surface area contributed by atoms with Crippen LogP contribution in [0.15, 0.2) is 89.5 Å². The number of carbonyl (C=O) groups excluding carboxylic acids is 1. The maximum absolute atomic E-state index is 13.4. The molecule has 1 heterocycles. The number of nitro benzene ring substituents is 1. The number of nitro groups is 1. The molecular formula is C26H24N4O3. The Hall–Kier alpha value is -4.26. The smallest absolute Gasteiger partial charge is 0.281 e. The van der Waals surface area contributed by atoms with Crippen LogP contribution in [0.2, 0.25) is 0 Å². The fourth-order valence-corrected chi connectivity index (χ4v) is 3.78. The van der Waals surface area contributed by atoms with Crippen molar-refractivity contribution in [3.63, 3.8) is 0 Å². The van der Waals surface area contributed by atoms with Gasteiger partial charge in [0.25, 0.3) is 11.6 Å². The Morgan fingerprint density at radius 2 is 1.58 bits per heavy atom. The van der Waals surface area contributed by atoms with Crippen molar-refractivity contribution in [3.8, 4) is 0 Å². The van der Waals surface area contributed by atoms with Gasteiger partial charge >= 0.3 is 0 Å². The molecular weight excluding hydrogens is 416 g/mol. The zero-order valence-corrected chi connectivity index (χ0v) is 18.5. The first kappa shape index (κ1) is 22.0. The Labute approximate surface area is 192 Å². The Morgan fingerprint density at radius 3 is 2.15 bits per heavy atom. The molecule has 3 aromatic rings. The highest BCUT2D eigenvalue weighted by Crippen LogP contribution is 2.29. The molecule has 7 nitrogen and oxygen atoms in total. The summed E-state index contributed by atoms with van der Waals surface area (Å²) in [7, 11) is 0. The van der Waals surface area contributed by atoms with Crippen LogP contribution < -0.4 is 9.91 Å². The largest absolute Gasteiger partial charge is 0.372 e. The molecule has 166 valence electrons. The van der Waals surface area contributed by atoms with Crippen molar-refractivity contribution in [1.82, 2.24) is 0 Å². The fraction of sp³-hybridized carbons (Fsp3) is 0.154. The molecule has 1 aliphatic rings. The molecule has 0 fully saturated rings. The quantitative estimate of drug-likeness (QED) is 0.285. The van der Waals surface area contributed by atoms with Crippen LogP contribution >= 0.6 is 0 Å². The number of hydrazone groups is 1. The van der Waals surface area contributed by atoms with E-state index in [0.717, 1.165) is 29.9 Å². The van der Waals surface area contributed by atoms with Crippen molar-refractivity contribution < 1.29 is 9.72 Å². The van der Waals surface area contributed by atoms with Gasteiger partial charge < -0.3 is 4.90 Å². The van der Waals surface area contributed by atoms with Gasteiger partial charge in [0, 0.05) is 36.5 Å². The zero-order chi connectivity index (χ0) is 23.4. The van der Waals surface area contributed by atoms with Crippen LogP contribution in [0.5, 0.6) is 0 Å². The fourth-order valence-electron chi connectivity index (χ4n) is 3.78. The van der Waals surface area contributed by atoms with Gasteiger partial charge in [0.05, 0.1) is 16.2 Å². The highest BCUT2D eigenvalue weighted by atomic mass is 16.6. The summed E-state index contributed by atoms with van der Waals surface area (Å²) in [6.07, 6.45) is 1.84. The van der Waals surface area contributed by atoms with Gasteiger partial charge in [-0.15, -0.1) is 0 Å². The molecule has 0 spiro atoms. The molecule has 0 radical (unpaired) electrons. The van der Waals surface area contributed by atoms with Gasteiger partial charge in [-0.25, -0.2) is 0 Å². The predicted octanol–water partition coefficient (Wildman–Crippen LogP) is 5.28. The van der Waals surface area contributed by atoms with Crippen molar-refractivity contribution in [1.29, 1.82) is 0 Å². The number of non-ortho nitro benzene ring substituents is 1. The highest BCUT2D eigenvalue weighted by Gasteiger charge is 2.32. The van der Waals surface area contributed by atoms with Crippen LogP contribution in [0.25, 0.3) is 6.08 Å². The van der Waals surface area contributed by atoms with E-state index in [-0.39, 0.29) is 11.6 Å². The molecule has 33 heavy (non-hydrogen) atoms. The second kappa shape index (κ2) is 9.48. The van der Waals surface area contributed by atoms with E-state index in [2.05, 4.69) is 23.8 Å². The Balaban J connectivity index is 1.72. The molecule has 0 N–H and O–H groups in total. The summed E-state index contributed by atoms with van der Waals surface area (Å²) < 4.78 is 0. The van der Waals surface area contributed by atoms with Crippen LogP contribution in [-0.2, 0) is 4.79 Å². The third-order valence-electron chi connectivity index (χ3n) is 5.56. The average molecular weight is 441 g/mol. The van der Waals surface area contributed by atoms with E-state index >= 15 is 0 Å². The number of nitrogens with zero attached hydrogens (tertiary/aromatic N) is 4. The Bertz CT molecular complexity index is 1210. The first-order valence-electron chi connectivity index (χ1n) is 10.8. The summed E-state index contributed by atoms with van der Waals surface area (Å²) in [4.78, 5) is 26.1. The van der Waals surface area contributed by atoms with Gasteiger partial charge in [0.1, 0.15) is 5.71 Å². The summed E-state index contributed by atoms with van der Waals surface area (Å²) in [6.45, 7) is 6.08. The van der Waals surface area contributed by atoms with Crippen LogP contribution in [-0.4, -0.2) is 29.6 Å². The molecule has 0 aromatic heterocycles. The minimum Gasteiger partial charge on any atom is -0.372 e. The van der Waals surface area contributed by atoms with Crippen molar-refractivity contribution in [2.24, 2.45) is 5.10 Å². The van der Waals surface area contributed by atoms with E-state index in [1.165, 1.54) is 29.3 Å². The van der Waals surface area contributed by atoms with Crippen molar-refractivity contribution in [3.05, 3.63) is 106 Å². The van der Waals surface area contributed by atoms with Crippen molar-refractivity contribution in [2.75, 3.05) is 23.0 Å². The summed E-state index contributed by atoms with van der Waals surface area (Å²) in [5, 5.41) is 16.9. The van der Waals surface area contributed by atoms with Gasteiger partial charge in [-0.1, -0.05) is 42.5 Å². The molecule has 3 aromatic carbocycles. The molecule has 0 saturated carbocycles. The number of amides is 1. The predicted molar refractivity (Wildman–Crippen MR) is 132 cm³/mol. The number of benzene rings is 3. The van der Waals surface area contributed by atoms with Crippen LogP contribution in [0, 0.1) is 10.1 Å². The van der Waals surface area contributed by atoms with E-state index in [9.17, 15) is 14.9 Å². The number of carbonyl (C=O) groups is 1. The maximum Gasteiger partial charge on any atom is 0.281 e. The van der Waals surface area contributed by atoms with E-state index in [1.54, 1.807) is 0 Å². The van der Waals surface area contributed by atoms with E-state index in [0.29, 0.717) is 17.0 Å². The van der Waals surface area contributed by atoms with Gasteiger partial charge in [-0.05, 0) is 49.8 Å². The lowest BCUT2D eigenvalue weighted by molar-refractivity contribution is -0.384. The molecule has 0 unspecified atom stereocenters. The number of hydrogen-bond donors (Lipinski definition) is 0. The summed E-state index contributed by atoms with van der Waals surface area (Å²) >= 11 is 0. The molecule has 0 aliphatic carbocycles. The maximum atomic E-state index is 13.4. The van der Waals surface area contributed by atoms with Crippen LogP contribution in [0.4, 0.5) is 17.1 Å². The number of hydrogen-bond acceptors (Lipinski definition) is 5. The topological polar surface area (TPSA) is 79.0 Å². The van der Waals surface area contributed by atoms with Gasteiger partial charge in [-0.3, -0.25) is 14.9 Å². The third-order valence-corrected chi connectivity index (χ3v) is 5.56. The van der Waals surface area contributed by atoms with E-state index < -0.39 is 4.92 Å². The lowest BCUT2D eigenvalue weighted by Gasteiger charge is -2.20. The molecule has 1 amide bonds. The first-order chi connectivity index (χ1) is 16.0. The Morgan fingerprint density at radius 1 is 0.939 bits per heavy atom. The summed E-state index contributed by atoms with van der Waals surface area (Å²) in [6, 6.07) is 23.4. The molecule has 7 heteroatoms. The normalized spacial score (nSPS) is 14.5. The Kier molecular flexibility index (Phi) is 6.31. The molecule has 0 saturated heterocycles.